The summed E-state index contributed by atoms with van der Waals surface area (Å²) in [5.74, 6) is 0. The molecule has 1 heterocycles. The molecule has 0 fully saturated rings. The monoisotopic (exact) mass is 288 g/mol. The minimum Gasteiger partial charge on any atom is -0.326 e. The van der Waals surface area contributed by atoms with Crippen LogP contribution < -0.4 is 10.5 Å². The molecule has 0 saturated heterocycles. The first-order chi connectivity index (χ1) is 7.76. The molecule has 9 heteroatoms. The van der Waals surface area contributed by atoms with Crippen molar-refractivity contribution in [1.82, 2.24) is 4.72 Å². The largest absolute Gasteiger partial charge is 0.390 e. The Morgan fingerprint density at radius 1 is 1.41 bits per heavy atom. The number of alkyl halides is 3. The molecule has 98 valence electrons. The van der Waals surface area contributed by atoms with Gasteiger partial charge in [0.1, 0.15) is 0 Å². The summed E-state index contributed by atoms with van der Waals surface area (Å²) in [5.41, 5.74) is 5.33. The Balaban J connectivity index is 2.70. The molecule has 0 unspecified atom stereocenters. The number of nitrogens with one attached hydrogen (secondary N) is 1. The molecule has 0 spiro atoms. The lowest BCUT2D eigenvalue weighted by Gasteiger charge is -2.08. The Kier molecular flexibility index (Phi) is 4.53. The predicted molar refractivity (Wildman–Crippen MR) is 58.1 cm³/mol. The molecule has 4 nitrogen and oxygen atoms in total. The van der Waals surface area contributed by atoms with Crippen molar-refractivity contribution in [3.8, 4) is 0 Å². The van der Waals surface area contributed by atoms with Crippen LogP contribution in [-0.4, -0.2) is 21.1 Å². The zero-order valence-corrected chi connectivity index (χ0v) is 10.3. The highest BCUT2D eigenvalue weighted by atomic mass is 32.2. The molecule has 1 aromatic rings. The van der Waals surface area contributed by atoms with Gasteiger partial charge in [-0.2, -0.15) is 13.2 Å². The van der Waals surface area contributed by atoms with Crippen LogP contribution in [0.1, 0.15) is 11.3 Å². The van der Waals surface area contributed by atoms with Gasteiger partial charge in [-0.1, -0.05) is 0 Å². The van der Waals surface area contributed by atoms with Crippen LogP contribution in [0.3, 0.4) is 0 Å². The number of nitrogens with two attached hydrogens (primary N) is 1. The fraction of sp³-hybridized carbons (Fsp3) is 0.500. The van der Waals surface area contributed by atoms with Gasteiger partial charge in [-0.15, -0.1) is 11.3 Å². The lowest BCUT2D eigenvalue weighted by molar-refractivity contribution is -0.132. The van der Waals surface area contributed by atoms with Crippen LogP contribution in [-0.2, 0) is 16.6 Å². The second-order valence-corrected chi connectivity index (χ2v) is 5.91. The summed E-state index contributed by atoms with van der Waals surface area (Å²) < 4.78 is 60.8. The van der Waals surface area contributed by atoms with E-state index in [1.165, 1.54) is 11.4 Å². The SMILES string of the molecule is NCc1sccc1S(=O)(=O)NCCC(F)(F)F. The van der Waals surface area contributed by atoms with E-state index in [1.807, 2.05) is 4.72 Å². The summed E-state index contributed by atoms with van der Waals surface area (Å²) in [6, 6.07) is 1.32. The zero-order chi connectivity index (χ0) is 13.1. The van der Waals surface area contributed by atoms with E-state index in [-0.39, 0.29) is 11.4 Å². The maximum Gasteiger partial charge on any atom is 0.390 e. The van der Waals surface area contributed by atoms with E-state index in [2.05, 4.69) is 0 Å². The van der Waals surface area contributed by atoms with Crippen molar-refractivity contribution in [2.45, 2.75) is 24.0 Å². The van der Waals surface area contributed by atoms with E-state index in [4.69, 9.17) is 5.73 Å². The summed E-state index contributed by atoms with van der Waals surface area (Å²) >= 11 is 1.15. The molecule has 0 aliphatic heterocycles. The number of hydrogen-bond acceptors (Lipinski definition) is 4. The van der Waals surface area contributed by atoms with Gasteiger partial charge in [-0.05, 0) is 11.4 Å². The third-order valence-corrected chi connectivity index (χ3v) is 4.50. The van der Waals surface area contributed by atoms with Gasteiger partial charge in [0.05, 0.1) is 11.3 Å². The number of sulfonamides is 1. The molecule has 0 aromatic carbocycles. The molecule has 17 heavy (non-hydrogen) atoms. The molecule has 0 bridgehead atoms. The van der Waals surface area contributed by atoms with Crippen LogP contribution >= 0.6 is 11.3 Å². The fourth-order valence-corrected chi connectivity index (χ4v) is 3.49. The van der Waals surface area contributed by atoms with E-state index < -0.39 is 29.2 Å². The molecular weight excluding hydrogens is 277 g/mol. The minimum absolute atomic E-state index is 0.0349. The highest BCUT2D eigenvalue weighted by molar-refractivity contribution is 7.89. The lowest BCUT2D eigenvalue weighted by atomic mass is 10.4. The van der Waals surface area contributed by atoms with Gasteiger partial charge in [0.25, 0.3) is 0 Å². The minimum atomic E-state index is -4.38. The Hall–Kier alpha value is -0.640. The van der Waals surface area contributed by atoms with Crippen molar-refractivity contribution in [2.24, 2.45) is 5.73 Å². The maximum atomic E-state index is 11.9. The van der Waals surface area contributed by atoms with E-state index >= 15 is 0 Å². The molecule has 0 amide bonds. The first-order valence-corrected chi connectivity index (χ1v) is 6.95. The van der Waals surface area contributed by atoms with Crippen LogP contribution in [0.2, 0.25) is 0 Å². The van der Waals surface area contributed by atoms with Crippen molar-refractivity contribution in [2.75, 3.05) is 6.54 Å². The van der Waals surface area contributed by atoms with Gasteiger partial charge in [0, 0.05) is 18.0 Å². The molecule has 0 aliphatic carbocycles. The third kappa shape index (κ3) is 4.26. The molecule has 0 aliphatic rings. The molecule has 1 rings (SSSR count). The molecule has 0 saturated carbocycles. The Morgan fingerprint density at radius 3 is 2.59 bits per heavy atom. The van der Waals surface area contributed by atoms with Crippen molar-refractivity contribution >= 4 is 21.4 Å². The van der Waals surface area contributed by atoms with Gasteiger partial charge >= 0.3 is 6.18 Å². The van der Waals surface area contributed by atoms with Crippen molar-refractivity contribution < 1.29 is 21.6 Å². The summed E-state index contributed by atoms with van der Waals surface area (Å²) in [6.07, 6.45) is -5.58. The molecular formula is C8H11F3N2O2S2. The molecule has 1 aromatic heterocycles. The first-order valence-electron chi connectivity index (χ1n) is 4.59. The molecule has 0 radical (unpaired) electrons. The number of thiophene rings is 1. The number of hydrogen-bond donors (Lipinski definition) is 2. The van der Waals surface area contributed by atoms with E-state index in [0.29, 0.717) is 4.88 Å². The van der Waals surface area contributed by atoms with Crippen LogP contribution in [0.25, 0.3) is 0 Å². The second-order valence-electron chi connectivity index (χ2n) is 3.18. The van der Waals surface area contributed by atoms with Gasteiger partial charge in [-0.25, -0.2) is 13.1 Å². The van der Waals surface area contributed by atoms with Crippen LogP contribution in [0.4, 0.5) is 13.2 Å². The fourth-order valence-electron chi connectivity index (χ4n) is 1.12. The van der Waals surface area contributed by atoms with Crippen molar-refractivity contribution in [3.63, 3.8) is 0 Å². The van der Waals surface area contributed by atoms with Gasteiger partial charge < -0.3 is 5.73 Å². The third-order valence-electron chi connectivity index (χ3n) is 1.88. The standard InChI is InChI=1S/C8H11F3N2O2S2/c9-8(10,11)2-3-13-17(14,15)7-1-4-16-6(7)5-12/h1,4,13H,2-3,5,12H2. The van der Waals surface area contributed by atoms with E-state index in [9.17, 15) is 21.6 Å². The quantitative estimate of drug-likeness (QED) is 0.861. The smallest absolute Gasteiger partial charge is 0.326 e. The highest BCUT2D eigenvalue weighted by Gasteiger charge is 2.28. The second kappa shape index (κ2) is 5.34. The van der Waals surface area contributed by atoms with Crippen molar-refractivity contribution in [3.05, 3.63) is 16.3 Å². The van der Waals surface area contributed by atoms with Gasteiger partial charge in [0.15, 0.2) is 0 Å². The van der Waals surface area contributed by atoms with Gasteiger partial charge in [-0.3, -0.25) is 0 Å². The van der Waals surface area contributed by atoms with Crippen LogP contribution in [0.5, 0.6) is 0 Å². The summed E-state index contributed by atoms with van der Waals surface area (Å²) in [6.45, 7) is -0.640. The normalized spacial score (nSPS) is 12.9. The van der Waals surface area contributed by atoms with Gasteiger partial charge in [0.2, 0.25) is 10.0 Å². The van der Waals surface area contributed by atoms with Crippen LogP contribution in [0.15, 0.2) is 16.3 Å². The summed E-state index contributed by atoms with van der Waals surface area (Å²) in [5, 5.41) is 1.53. The predicted octanol–water partition coefficient (Wildman–Crippen LogP) is 1.44. The van der Waals surface area contributed by atoms with Crippen molar-refractivity contribution in [1.29, 1.82) is 0 Å². The maximum absolute atomic E-state index is 11.9. The molecule has 0 atom stereocenters. The zero-order valence-electron chi connectivity index (χ0n) is 8.62. The Bertz CT molecular complexity index is 467. The number of rotatable bonds is 5. The summed E-state index contributed by atoms with van der Waals surface area (Å²) in [4.78, 5) is 0.372. The average molecular weight is 288 g/mol. The van der Waals surface area contributed by atoms with E-state index in [1.54, 1.807) is 0 Å². The Morgan fingerprint density at radius 2 is 2.06 bits per heavy atom. The highest BCUT2D eigenvalue weighted by Crippen LogP contribution is 2.22. The summed E-state index contributed by atoms with van der Waals surface area (Å²) in [7, 11) is -3.90. The average Bonchev–Trinajstić information content (AvgIpc) is 2.63. The Labute approximate surface area is 101 Å². The first kappa shape index (κ1) is 14.4. The lowest BCUT2D eigenvalue weighted by Crippen LogP contribution is -2.28. The number of halogens is 3. The molecule has 3 N–H and O–H groups in total. The van der Waals surface area contributed by atoms with Crippen LogP contribution in [0, 0.1) is 0 Å². The van der Waals surface area contributed by atoms with E-state index in [0.717, 1.165) is 11.3 Å². The topological polar surface area (TPSA) is 72.2 Å².